The Morgan fingerprint density at radius 3 is 3.04 bits per heavy atom. The van der Waals surface area contributed by atoms with E-state index in [0.717, 1.165) is 33.3 Å². The van der Waals surface area contributed by atoms with Crippen LogP contribution < -0.4 is 5.43 Å². The second kappa shape index (κ2) is 6.49. The van der Waals surface area contributed by atoms with E-state index in [1.54, 1.807) is 36.0 Å². The van der Waals surface area contributed by atoms with Crippen LogP contribution in [0.3, 0.4) is 0 Å². The first-order chi connectivity index (χ1) is 11.7. The van der Waals surface area contributed by atoms with E-state index in [2.05, 4.69) is 36.4 Å². The number of anilines is 1. The first-order valence-electron chi connectivity index (χ1n) is 7.75. The average molecular weight is 403 g/mol. The largest absolute Gasteiger partial charge is 0.507 e. The van der Waals surface area contributed by atoms with Crippen molar-refractivity contribution >= 4 is 49.5 Å². The molecule has 7 heteroatoms. The van der Waals surface area contributed by atoms with Crippen LogP contribution in [0, 0.1) is 0 Å². The molecule has 1 aliphatic carbocycles. The van der Waals surface area contributed by atoms with E-state index in [1.165, 1.54) is 23.3 Å². The summed E-state index contributed by atoms with van der Waals surface area (Å²) in [7, 11) is 0. The van der Waals surface area contributed by atoms with Crippen molar-refractivity contribution in [2.45, 2.75) is 25.7 Å². The Morgan fingerprint density at radius 2 is 2.12 bits per heavy atom. The van der Waals surface area contributed by atoms with E-state index in [-0.39, 0.29) is 5.75 Å². The van der Waals surface area contributed by atoms with Gasteiger partial charge in [-0.15, -0.1) is 11.3 Å². The Hall–Kier alpha value is -1.99. The number of benzene rings is 1. The highest BCUT2D eigenvalue weighted by atomic mass is 79.9. The highest BCUT2D eigenvalue weighted by molar-refractivity contribution is 9.10. The summed E-state index contributed by atoms with van der Waals surface area (Å²) >= 11 is 5.15. The maximum Gasteiger partial charge on any atom is 0.158 e. The SMILES string of the molecule is Oc1ccc(Br)cc1C=NNc1ncnc2sc3c(c12)CCCC3. The molecule has 2 aromatic heterocycles. The molecule has 0 unspecified atom stereocenters. The van der Waals surface area contributed by atoms with Gasteiger partial charge in [0.15, 0.2) is 5.82 Å². The molecule has 122 valence electrons. The van der Waals surface area contributed by atoms with Crippen molar-refractivity contribution in [2.24, 2.45) is 5.10 Å². The summed E-state index contributed by atoms with van der Waals surface area (Å²) in [5, 5.41) is 15.2. The predicted molar refractivity (Wildman–Crippen MR) is 101 cm³/mol. The molecule has 5 nitrogen and oxygen atoms in total. The Morgan fingerprint density at radius 1 is 1.25 bits per heavy atom. The molecule has 0 saturated heterocycles. The van der Waals surface area contributed by atoms with Gasteiger partial charge in [-0.2, -0.15) is 5.10 Å². The zero-order valence-corrected chi connectivity index (χ0v) is 15.2. The molecule has 0 fully saturated rings. The van der Waals surface area contributed by atoms with Crippen molar-refractivity contribution in [3.05, 3.63) is 45.0 Å². The number of phenolic OH excluding ortho intramolecular Hbond substituents is 1. The van der Waals surface area contributed by atoms with Gasteiger partial charge in [-0.1, -0.05) is 15.9 Å². The van der Waals surface area contributed by atoms with Crippen LogP contribution in [-0.2, 0) is 12.8 Å². The lowest BCUT2D eigenvalue weighted by molar-refractivity contribution is 0.474. The molecule has 3 aromatic rings. The fourth-order valence-electron chi connectivity index (χ4n) is 2.97. The summed E-state index contributed by atoms with van der Waals surface area (Å²) in [6.07, 6.45) is 7.82. The third-order valence-corrected chi connectivity index (χ3v) is 5.81. The van der Waals surface area contributed by atoms with Crippen LogP contribution >= 0.6 is 27.3 Å². The predicted octanol–water partition coefficient (Wildman–Crippen LogP) is 4.48. The number of nitrogens with one attached hydrogen (secondary N) is 1. The normalized spacial score (nSPS) is 14.2. The van der Waals surface area contributed by atoms with Crippen LogP contribution in [0.25, 0.3) is 10.2 Å². The highest BCUT2D eigenvalue weighted by Crippen LogP contribution is 2.38. The summed E-state index contributed by atoms with van der Waals surface area (Å²) in [6, 6.07) is 5.22. The molecule has 2 heterocycles. The maximum atomic E-state index is 9.87. The van der Waals surface area contributed by atoms with Crippen LogP contribution in [0.2, 0.25) is 0 Å². The topological polar surface area (TPSA) is 70.4 Å². The fourth-order valence-corrected chi connectivity index (χ4v) is 4.57. The van der Waals surface area contributed by atoms with Crippen molar-refractivity contribution in [2.75, 3.05) is 5.43 Å². The van der Waals surface area contributed by atoms with Gasteiger partial charge in [0.1, 0.15) is 16.9 Å². The van der Waals surface area contributed by atoms with Crippen molar-refractivity contribution in [3.63, 3.8) is 0 Å². The zero-order chi connectivity index (χ0) is 16.5. The number of hydrogen-bond donors (Lipinski definition) is 2. The first-order valence-corrected chi connectivity index (χ1v) is 9.36. The maximum absolute atomic E-state index is 9.87. The summed E-state index contributed by atoms with van der Waals surface area (Å²) in [5.41, 5.74) is 5.02. The summed E-state index contributed by atoms with van der Waals surface area (Å²) in [6.45, 7) is 0. The molecule has 0 aliphatic heterocycles. The van der Waals surface area contributed by atoms with Crippen molar-refractivity contribution in [1.29, 1.82) is 0 Å². The van der Waals surface area contributed by atoms with E-state index < -0.39 is 0 Å². The summed E-state index contributed by atoms with van der Waals surface area (Å²) in [5.74, 6) is 0.912. The van der Waals surface area contributed by atoms with Gasteiger partial charge in [-0.25, -0.2) is 9.97 Å². The third-order valence-electron chi connectivity index (χ3n) is 4.12. The number of rotatable bonds is 3. The number of aromatic nitrogens is 2. The van der Waals surface area contributed by atoms with Crippen LogP contribution in [0.1, 0.15) is 28.8 Å². The lowest BCUT2D eigenvalue weighted by atomic mass is 9.97. The Kier molecular flexibility index (Phi) is 4.20. The van der Waals surface area contributed by atoms with Crippen molar-refractivity contribution in [1.82, 2.24) is 9.97 Å². The molecule has 0 radical (unpaired) electrons. The molecular weight excluding hydrogens is 388 g/mol. The number of hydrogen-bond acceptors (Lipinski definition) is 6. The number of aromatic hydroxyl groups is 1. The Balaban J connectivity index is 1.66. The number of hydrazone groups is 1. The van der Waals surface area contributed by atoms with Crippen LogP contribution in [-0.4, -0.2) is 21.3 Å². The van der Waals surface area contributed by atoms with Crippen molar-refractivity contribution in [3.8, 4) is 5.75 Å². The van der Waals surface area contributed by atoms with Gasteiger partial charge in [-0.05, 0) is 49.4 Å². The van der Waals surface area contributed by atoms with Gasteiger partial charge in [-0.3, -0.25) is 5.43 Å². The Bertz CT molecular complexity index is 938. The molecule has 0 bridgehead atoms. The van der Waals surface area contributed by atoms with E-state index >= 15 is 0 Å². The number of halogens is 1. The number of thiophene rings is 1. The fraction of sp³-hybridized carbons (Fsp3) is 0.235. The van der Waals surface area contributed by atoms with E-state index in [0.29, 0.717) is 5.56 Å². The first kappa shape index (κ1) is 15.5. The van der Waals surface area contributed by atoms with Gasteiger partial charge in [0.2, 0.25) is 0 Å². The van der Waals surface area contributed by atoms with Gasteiger partial charge in [0.05, 0.1) is 11.6 Å². The number of aryl methyl sites for hydroxylation is 2. The molecule has 1 aliphatic rings. The van der Waals surface area contributed by atoms with Crippen molar-refractivity contribution < 1.29 is 5.11 Å². The summed E-state index contributed by atoms with van der Waals surface area (Å²) in [4.78, 5) is 11.2. The molecule has 0 amide bonds. The van der Waals surface area contributed by atoms with E-state index in [9.17, 15) is 5.11 Å². The van der Waals surface area contributed by atoms with Gasteiger partial charge >= 0.3 is 0 Å². The lowest BCUT2D eigenvalue weighted by Gasteiger charge is -2.11. The summed E-state index contributed by atoms with van der Waals surface area (Å²) < 4.78 is 0.887. The zero-order valence-electron chi connectivity index (χ0n) is 12.8. The van der Waals surface area contributed by atoms with Gasteiger partial charge in [0, 0.05) is 14.9 Å². The lowest BCUT2D eigenvalue weighted by Crippen LogP contribution is -2.01. The van der Waals surface area contributed by atoms with E-state index in [1.807, 2.05) is 6.07 Å². The number of nitrogens with zero attached hydrogens (tertiary/aromatic N) is 3. The smallest absolute Gasteiger partial charge is 0.158 e. The number of fused-ring (bicyclic) bond motifs is 3. The van der Waals surface area contributed by atoms with Gasteiger partial charge < -0.3 is 5.11 Å². The third kappa shape index (κ3) is 2.89. The quantitative estimate of drug-likeness (QED) is 0.500. The average Bonchev–Trinajstić information content (AvgIpc) is 2.97. The second-order valence-corrected chi connectivity index (χ2v) is 7.69. The minimum Gasteiger partial charge on any atom is -0.507 e. The second-order valence-electron chi connectivity index (χ2n) is 5.69. The Labute approximate surface area is 151 Å². The number of phenols is 1. The molecule has 2 N–H and O–H groups in total. The molecule has 24 heavy (non-hydrogen) atoms. The highest BCUT2D eigenvalue weighted by Gasteiger charge is 2.19. The molecule has 0 saturated carbocycles. The molecule has 0 atom stereocenters. The monoisotopic (exact) mass is 402 g/mol. The van der Waals surface area contributed by atoms with Crippen LogP contribution in [0.5, 0.6) is 5.75 Å². The molecule has 1 aromatic carbocycles. The van der Waals surface area contributed by atoms with Crippen LogP contribution in [0.4, 0.5) is 5.82 Å². The van der Waals surface area contributed by atoms with Crippen LogP contribution in [0.15, 0.2) is 34.1 Å². The van der Waals surface area contributed by atoms with E-state index in [4.69, 9.17) is 0 Å². The van der Waals surface area contributed by atoms with Gasteiger partial charge in [0.25, 0.3) is 0 Å². The molecule has 0 spiro atoms. The minimum absolute atomic E-state index is 0.185. The standard InChI is InChI=1S/C17H15BrN4OS/c18-11-5-6-13(23)10(7-11)8-21-22-16-15-12-3-1-2-4-14(12)24-17(15)20-9-19-16/h5-9,23H,1-4H2,(H,19,20,22). The molecular formula is C17H15BrN4OS. The minimum atomic E-state index is 0.185. The molecule has 4 rings (SSSR count).